The lowest BCUT2D eigenvalue weighted by Crippen LogP contribution is -2.04. The number of nitrogen functional groups attached to an aromatic ring is 1. The third kappa shape index (κ3) is 2.76. The van der Waals surface area contributed by atoms with Gasteiger partial charge < -0.3 is 15.6 Å². The molecule has 0 atom stereocenters. The molecule has 3 nitrogen and oxygen atoms in total. The number of nitrogens with two attached hydrogens (primary N) is 1. The molecular formula is C8H9BrClNO2. The molecule has 0 aliphatic carbocycles. The highest BCUT2D eigenvalue weighted by Gasteiger charge is 2.06. The molecule has 0 aromatic heterocycles. The lowest BCUT2D eigenvalue weighted by Gasteiger charge is -2.09. The molecule has 0 aliphatic heterocycles. The minimum atomic E-state index is -0.0471. The van der Waals surface area contributed by atoms with Crippen molar-refractivity contribution in [3.63, 3.8) is 0 Å². The Morgan fingerprint density at radius 3 is 2.77 bits per heavy atom. The Morgan fingerprint density at radius 1 is 1.54 bits per heavy atom. The number of aliphatic hydroxyl groups excluding tert-OH is 1. The SMILES string of the molecule is Nc1cc(Cl)cc(Br)c1OCCO. The van der Waals surface area contributed by atoms with Crippen molar-refractivity contribution in [3.8, 4) is 5.75 Å². The predicted octanol–water partition coefficient (Wildman–Crippen LogP) is 2.06. The standard InChI is InChI=1S/C8H9BrClNO2/c9-6-3-5(10)4-7(11)8(6)13-2-1-12/h3-4,12H,1-2,11H2. The maximum absolute atomic E-state index is 8.56. The highest BCUT2D eigenvalue weighted by Crippen LogP contribution is 2.34. The largest absolute Gasteiger partial charge is 0.488 e. The average molecular weight is 267 g/mol. The normalized spacial score (nSPS) is 10.1. The van der Waals surface area contributed by atoms with Crippen LogP contribution in [0.5, 0.6) is 5.75 Å². The van der Waals surface area contributed by atoms with Gasteiger partial charge in [-0.15, -0.1) is 0 Å². The first-order valence-corrected chi connectivity index (χ1v) is 4.80. The highest BCUT2D eigenvalue weighted by molar-refractivity contribution is 9.10. The first-order valence-electron chi connectivity index (χ1n) is 3.63. The van der Waals surface area contributed by atoms with Gasteiger partial charge in [-0.2, -0.15) is 0 Å². The molecule has 0 radical (unpaired) electrons. The van der Waals surface area contributed by atoms with E-state index in [-0.39, 0.29) is 13.2 Å². The maximum Gasteiger partial charge on any atom is 0.156 e. The molecular weight excluding hydrogens is 257 g/mol. The van der Waals surface area contributed by atoms with E-state index in [2.05, 4.69) is 15.9 Å². The number of hydrogen-bond donors (Lipinski definition) is 2. The van der Waals surface area contributed by atoms with Gasteiger partial charge in [0.1, 0.15) is 6.61 Å². The molecule has 1 aromatic rings. The van der Waals surface area contributed by atoms with Crippen LogP contribution in [0.3, 0.4) is 0 Å². The summed E-state index contributed by atoms with van der Waals surface area (Å²) >= 11 is 9.00. The molecule has 1 rings (SSSR count). The molecule has 0 heterocycles. The number of anilines is 1. The van der Waals surface area contributed by atoms with Crippen molar-refractivity contribution in [3.05, 3.63) is 21.6 Å². The number of benzene rings is 1. The van der Waals surface area contributed by atoms with Crippen LogP contribution in [0.4, 0.5) is 5.69 Å². The Morgan fingerprint density at radius 2 is 2.23 bits per heavy atom. The van der Waals surface area contributed by atoms with Gasteiger partial charge in [0.25, 0.3) is 0 Å². The lowest BCUT2D eigenvalue weighted by molar-refractivity contribution is 0.201. The topological polar surface area (TPSA) is 55.5 Å². The Kier molecular flexibility index (Phi) is 3.84. The summed E-state index contributed by atoms with van der Waals surface area (Å²) in [5.41, 5.74) is 6.09. The summed E-state index contributed by atoms with van der Waals surface area (Å²) in [5, 5.41) is 9.10. The summed E-state index contributed by atoms with van der Waals surface area (Å²) in [7, 11) is 0. The monoisotopic (exact) mass is 265 g/mol. The molecule has 3 N–H and O–H groups in total. The number of aliphatic hydroxyl groups is 1. The molecule has 0 bridgehead atoms. The summed E-state index contributed by atoms with van der Waals surface area (Å²) in [6.07, 6.45) is 0. The smallest absolute Gasteiger partial charge is 0.156 e. The number of hydrogen-bond acceptors (Lipinski definition) is 3. The van der Waals surface area contributed by atoms with Crippen LogP contribution in [-0.4, -0.2) is 18.3 Å². The third-order valence-corrected chi connectivity index (χ3v) is 2.18. The summed E-state index contributed by atoms with van der Waals surface area (Å²) in [6, 6.07) is 3.28. The second-order valence-electron chi connectivity index (χ2n) is 2.38. The zero-order valence-corrected chi connectivity index (χ0v) is 9.10. The van der Waals surface area contributed by atoms with Gasteiger partial charge in [0.2, 0.25) is 0 Å². The molecule has 13 heavy (non-hydrogen) atoms. The van der Waals surface area contributed by atoms with Gasteiger partial charge in [-0.25, -0.2) is 0 Å². The molecule has 1 aromatic carbocycles. The van der Waals surface area contributed by atoms with Crippen LogP contribution in [-0.2, 0) is 0 Å². The van der Waals surface area contributed by atoms with Crippen molar-refractivity contribution in [1.82, 2.24) is 0 Å². The van der Waals surface area contributed by atoms with Crippen LogP contribution in [0.2, 0.25) is 5.02 Å². The van der Waals surface area contributed by atoms with E-state index in [0.29, 0.717) is 20.9 Å². The number of halogens is 2. The van der Waals surface area contributed by atoms with Crippen LogP contribution >= 0.6 is 27.5 Å². The Bertz CT molecular complexity index is 283. The van der Waals surface area contributed by atoms with E-state index in [4.69, 9.17) is 27.2 Å². The van der Waals surface area contributed by atoms with E-state index in [1.807, 2.05) is 0 Å². The molecule has 0 saturated heterocycles. The van der Waals surface area contributed by atoms with Gasteiger partial charge in [0, 0.05) is 5.02 Å². The Balaban J connectivity index is 2.92. The molecule has 0 fully saturated rings. The zero-order valence-electron chi connectivity index (χ0n) is 6.76. The minimum Gasteiger partial charge on any atom is -0.488 e. The highest BCUT2D eigenvalue weighted by atomic mass is 79.9. The van der Waals surface area contributed by atoms with Crippen LogP contribution in [0.15, 0.2) is 16.6 Å². The average Bonchev–Trinajstić information content (AvgIpc) is 2.02. The molecule has 0 unspecified atom stereocenters. The second-order valence-corrected chi connectivity index (χ2v) is 3.67. The summed E-state index contributed by atoms with van der Waals surface area (Å²) in [4.78, 5) is 0. The van der Waals surface area contributed by atoms with Crippen molar-refractivity contribution < 1.29 is 9.84 Å². The summed E-state index contributed by atoms with van der Waals surface area (Å²) in [5.74, 6) is 0.512. The first kappa shape index (κ1) is 10.6. The van der Waals surface area contributed by atoms with Gasteiger partial charge in [-0.1, -0.05) is 11.6 Å². The molecule has 0 saturated carbocycles. The van der Waals surface area contributed by atoms with Crippen molar-refractivity contribution in [2.45, 2.75) is 0 Å². The number of rotatable bonds is 3. The van der Waals surface area contributed by atoms with Crippen molar-refractivity contribution in [2.75, 3.05) is 18.9 Å². The fourth-order valence-electron chi connectivity index (χ4n) is 0.880. The Labute approximate surface area is 89.6 Å². The predicted molar refractivity (Wildman–Crippen MR) is 56.1 cm³/mol. The van der Waals surface area contributed by atoms with Gasteiger partial charge >= 0.3 is 0 Å². The van der Waals surface area contributed by atoms with E-state index in [9.17, 15) is 0 Å². The molecule has 0 amide bonds. The zero-order chi connectivity index (χ0) is 9.84. The fraction of sp³-hybridized carbons (Fsp3) is 0.250. The Hall–Kier alpha value is -0.450. The van der Waals surface area contributed by atoms with Gasteiger partial charge in [-0.3, -0.25) is 0 Å². The van der Waals surface area contributed by atoms with Crippen molar-refractivity contribution in [2.24, 2.45) is 0 Å². The summed E-state index contributed by atoms with van der Waals surface area (Å²) < 4.78 is 5.88. The molecule has 5 heteroatoms. The van der Waals surface area contributed by atoms with E-state index >= 15 is 0 Å². The van der Waals surface area contributed by atoms with Crippen molar-refractivity contribution in [1.29, 1.82) is 0 Å². The van der Waals surface area contributed by atoms with E-state index in [0.717, 1.165) is 0 Å². The lowest BCUT2D eigenvalue weighted by atomic mass is 10.3. The molecule has 0 spiro atoms. The quantitative estimate of drug-likeness (QED) is 0.823. The van der Waals surface area contributed by atoms with Gasteiger partial charge in [-0.05, 0) is 28.1 Å². The van der Waals surface area contributed by atoms with Gasteiger partial charge in [0.15, 0.2) is 5.75 Å². The first-order chi connectivity index (χ1) is 6.15. The number of ether oxygens (including phenoxy) is 1. The van der Waals surface area contributed by atoms with Crippen molar-refractivity contribution >= 4 is 33.2 Å². The van der Waals surface area contributed by atoms with E-state index in [1.54, 1.807) is 12.1 Å². The maximum atomic E-state index is 8.56. The van der Waals surface area contributed by atoms with E-state index < -0.39 is 0 Å². The second kappa shape index (κ2) is 4.69. The van der Waals surface area contributed by atoms with E-state index in [1.165, 1.54) is 0 Å². The van der Waals surface area contributed by atoms with Crippen LogP contribution in [0.1, 0.15) is 0 Å². The van der Waals surface area contributed by atoms with Crippen LogP contribution in [0, 0.1) is 0 Å². The third-order valence-electron chi connectivity index (χ3n) is 1.37. The van der Waals surface area contributed by atoms with Crippen LogP contribution < -0.4 is 10.5 Å². The molecule has 0 aliphatic rings. The van der Waals surface area contributed by atoms with Crippen LogP contribution in [0.25, 0.3) is 0 Å². The fourth-order valence-corrected chi connectivity index (χ4v) is 1.83. The molecule has 72 valence electrons. The van der Waals surface area contributed by atoms with Gasteiger partial charge in [0.05, 0.1) is 16.8 Å². The minimum absolute atomic E-state index is 0.0471. The summed E-state index contributed by atoms with van der Waals surface area (Å²) in [6.45, 7) is 0.166.